The second-order valence-electron chi connectivity index (χ2n) is 4.68. The highest BCUT2D eigenvalue weighted by Crippen LogP contribution is 2.19. The molecule has 0 aliphatic rings. The maximum absolute atomic E-state index is 9.51. The van der Waals surface area contributed by atoms with E-state index in [-0.39, 0.29) is 6.61 Å². The molecule has 0 amide bonds. The highest BCUT2D eigenvalue weighted by Gasteiger charge is 2.00. The quantitative estimate of drug-likeness (QED) is 0.845. The van der Waals surface area contributed by atoms with Gasteiger partial charge in [-0.05, 0) is 34.9 Å². The number of aliphatic hydroxyl groups excluding tert-OH is 1. The zero-order chi connectivity index (χ0) is 13.7. The average Bonchev–Trinajstić information content (AvgIpc) is 2.46. The van der Waals surface area contributed by atoms with E-state index >= 15 is 0 Å². The fourth-order valence-corrected chi connectivity index (χ4v) is 1.94. The Morgan fingerprint density at radius 3 is 2.16 bits per heavy atom. The summed E-state index contributed by atoms with van der Waals surface area (Å²) in [5.74, 6) is 0. The summed E-state index contributed by atoms with van der Waals surface area (Å²) in [5.41, 5.74) is 4.25. The van der Waals surface area contributed by atoms with Crippen LogP contribution in [0.4, 0.5) is 5.69 Å². The number of hydrogen-bond acceptors (Lipinski definition) is 2. The molecule has 2 aromatic rings. The number of hydrogen-bond donors (Lipinski definition) is 1. The maximum Gasteiger partial charge on any atom is 0.0687 e. The first-order valence-corrected chi connectivity index (χ1v) is 6.35. The summed E-state index contributed by atoms with van der Waals surface area (Å²) in [6.45, 7) is 0.0411. The van der Waals surface area contributed by atoms with Crippen molar-refractivity contribution >= 4 is 17.3 Å². The molecule has 0 fully saturated rings. The Balaban J connectivity index is 2.28. The van der Waals surface area contributed by atoms with Gasteiger partial charge in [-0.3, -0.25) is 0 Å². The van der Waals surface area contributed by atoms with Gasteiger partial charge < -0.3 is 10.0 Å². The smallest absolute Gasteiger partial charge is 0.0687 e. The third-order valence-electron chi connectivity index (χ3n) is 3.07. The van der Waals surface area contributed by atoms with Crippen molar-refractivity contribution in [3.8, 4) is 0 Å². The minimum Gasteiger partial charge on any atom is -0.392 e. The van der Waals surface area contributed by atoms with Gasteiger partial charge in [0.2, 0.25) is 0 Å². The Kier molecular flexibility index (Phi) is 4.37. The first kappa shape index (κ1) is 13.4. The summed E-state index contributed by atoms with van der Waals surface area (Å²) in [4.78, 5) is 2.07. The molecule has 0 aliphatic carbocycles. The van der Waals surface area contributed by atoms with Crippen LogP contribution in [0.15, 0.2) is 54.6 Å². The summed E-state index contributed by atoms with van der Waals surface area (Å²) in [5, 5.41) is 9.51. The summed E-state index contributed by atoms with van der Waals surface area (Å²) < 4.78 is 0. The van der Waals surface area contributed by atoms with Gasteiger partial charge in [0.15, 0.2) is 0 Å². The lowest BCUT2D eigenvalue weighted by atomic mass is 10.0. The molecular formula is C17H19NO. The second-order valence-corrected chi connectivity index (χ2v) is 4.68. The summed E-state index contributed by atoms with van der Waals surface area (Å²) in [6, 6.07) is 18.2. The number of aliphatic hydroxyl groups is 1. The zero-order valence-corrected chi connectivity index (χ0v) is 11.4. The van der Waals surface area contributed by atoms with Crippen LogP contribution < -0.4 is 4.90 Å². The summed E-state index contributed by atoms with van der Waals surface area (Å²) in [7, 11) is 4.04. The summed E-state index contributed by atoms with van der Waals surface area (Å²) >= 11 is 0. The molecule has 2 aromatic carbocycles. The predicted octanol–water partition coefficient (Wildman–Crippen LogP) is 3.29. The van der Waals surface area contributed by atoms with Gasteiger partial charge in [0.05, 0.1) is 6.61 Å². The van der Waals surface area contributed by atoms with Crippen LogP contribution in [-0.2, 0) is 0 Å². The van der Waals surface area contributed by atoms with Crippen molar-refractivity contribution < 1.29 is 5.11 Å². The standard InChI is InChI=1S/C17H19NO/c1-18(2)17-10-8-14(9-11-17)12-16(13-19)15-6-4-3-5-7-15/h3-12,19H,13H2,1-2H3/b16-12+. The molecule has 0 atom stereocenters. The molecule has 1 N–H and O–H groups in total. The Labute approximate surface area is 114 Å². The molecule has 0 radical (unpaired) electrons. The maximum atomic E-state index is 9.51. The third-order valence-corrected chi connectivity index (χ3v) is 3.07. The molecule has 0 aromatic heterocycles. The zero-order valence-electron chi connectivity index (χ0n) is 11.4. The van der Waals surface area contributed by atoms with Crippen LogP contribution in [0.1, 0.15) is 11.1 Å². The van der Waals surface area contributed by atoms with Gasteiger partial charge in [0, 0.05) is 19.8 Å². The highest BCUT2D eigenvalue weighted by molar-refractivity contribution is 5.82. The SMILES string of the molecule is CN(C)c1ccc(/C=C(\CO)c2ccccc2)cc1. The monoisotopic (exact) mass is 253 g/mol. The van der Waals surface area contributed by atoms with Crippen molar-refractivity contribution in [2.24, 2.45) is 0 Å². The molecule has 0 spiro atoms. The van der Waals surface area contributed by atoms with Gasteiger partial charge in [0.1, 0.15) is 0 Å². The van der Waals surface area contributed by atoms with Crippen molar-refractivity contribution in [3.63, 3.8) is 0 Å². The molecule has 0 bridgehead atoms. The molecule has 0 saturated carbocycles. The highest BCUT2D eigenvalue weighted by atomic mass is 16.3. The largest absolute Gasteiger partial charge is 0.392 e. The first-order valence-electron chi connectivity index (χ1n) is 6.35. The van der Waals surface area contributed by atoms with Crippen LogP contribution in [0.2, 0.25) is 0 Å². The second kappa shape index (κ2) is 6.21. The molecule has 2 rings (SSSR count). The van der Waals surface area contributed by atoms with E-state index in [9.17, 15) is 5.11 Å². The summed E-state index contributed by atoms with van der Waals surface area (Å²) in [6.07, 6.45) is 2.02. The Morgan fingerprint density at radius 2 is 1.63 bits per heavy atom. The lowest BCUT2D eigenvalue weighted by Crippen LogP contribution is -2.07. The minimum atomic E-state index is 0.0411. The molecule has 2 heteroatoms. The van der Waals surface area contributed by atoms with Gasteiger partial charge in [-0.1, -0.05) is 42.5 Å². The Hall–Kier alpha value is -2.06. The number of rotatable bonds is 4. The Bertz CT molecular complexity index is 541. The lowest BCUT2D eigenvalue weighted by Gasteiger charge is -2.12. The van der Waals surface area contributed by atoms with Crippen molar-refractivity contribution in [1.82, 2.24) is 0 Å². The van der Waals surface area contributed by atoms with E-state index in [4.69, 9.17) is 0 Å². The fourth-order valence-electron chi connectivity index (χ4n) is 1.94. The number of nitrogens with zero attached hydrogens (tertiary/aromatic N) is 1. The van der Waals surface area contributed by atoms with Crippen molar-refractivity contribution in [3.05, 3.63) is 65.7 Å². The molecule has 0 saturated heterocycles. The van der Waals surface area contributed by atoms with E-state index in [1.807, 2.05) is 50.5 Å². The van der Waals surface area contributed by atoms with Crippen molar-refractivity contribution in [2.75, 3.05) is 25.6 Å². The van der Waals surface area contributed by atoms with Crippen LogP contribution >= 0.6 is 0 Å². The number of benzene rings is 2. The minimum absolute atomic E-state index is 0.0411. The first-order chi connectivity index (χ1) is 9.20. The topological polar surface area (TPSA) is 23.5 Å². The van der Waals surface area contributed by atoms with Gasteiger partial charge >= 0.3 is 0 Å². The van der Waals surface area contributed by atoms with E-state index < -0.39 is 0 Å². The molecule has 0 heterocycles. The van der Waals surface area contributed by atoms with Gasteiger partial charge in [-0.15, -0.1) is 0 Å². The Morgan fingerprint density at radius 1 is 1.00 bits per heavy atom. The van der Waals surface area contributed by atoms with E-state index in [1.165, 1.54) is 5.69 Å². The molecule has 0 unspecified atom stereocenters. The van der Waals surface area contributed by atoms with Crippen LogP contribution in [0.3, 0.4) is 0 Å². The van der Waals surface area contributed by atoms with Gasteiger partial charge in [-0.25, -0.2) is 0 Å². The van der Waals surface area contributed by atoms with Crippen LogP contribution in [0, 0.1) is 0 Å². The van der Waals surface area contributed by atoms with Gasteiger partial charge in [0.25, 0.3) is 0 Å². The van der Waals surface area contributed by atoms with Gasteiger partial charge in [-0.2, -0.15) is 0 Å². The molecule has 0 aliphatic heterocycles. The van der Waals surface area contributed by atoms with Crippen molar-refractivity contribution in [2.45, 2.75) is 0 Å². The lowest BCUT2D eigenvalue weighted by molar-refractivity contribution is 0.351. The van der Waals surface area contributed by atoms with E-state index in [1.54, 1.807) is 0 Å². The fraction of sp³-hybridized carbons (Fsp3) is 0.176. The third kappa shape index (κ3) is 3.46. The van der Waals surface area contributed by atoms with E-state index in [0.29, 0.717) is 0 Å². The molecular weight excluding hydrogens is 234 g/mol. The molecule has 2 nitrogen and oxygen atoms in total. The number of anilines is 1. The predicted molar refractivity (Wildman–Crippen MR) is 82.2 cm³/mol. The van der Waals surface area contributed by atoms with Crippen LogP contribution in [0.5, 0.6) is 0 Å². The molecule has 98 valence electrons. The van der Waals surface area contributed by atoms with Crippen LogP contribution in [0.25, 0.3) is 11.6 Å². The van der Waals surface area contributed by atoms with Crippen LogP contribution in [-0.4, -0.2) is 25.8 Å². The van der Waals surface area contributed by atoms with E-state index in [2.05, 4.69) is 29.2 Å². The molecule has 19 heavy (non-hydrogen) atoms. The van der Waals surface area contributed by atoms with Crippen molar-refractivity contribution in [1.29, 1.82) is 0 Å². The average molecular weight is 253 g/mol. The van der Waals surface area contributed by atoms with E-state index in [0.717, 1.165) is 16.7 Å². The normalized spacial score (nSPS) is 11.4.